The summed E-state index contributed by atoms with van der Waals surface area (Å²) in [6.07, 6.45) is 3.56. The van der Waals surface area contributed by atoms with E-state index in [1.54, 1.807) is 30.3 Å². The van der Waals surface area contributed by atoms with Crippen LogP contribution in [0.1, 0.15) is 76.6 Å². The molecule has 184 valence electrons. The van der Waals surface area contributed by atoms with Gasteiger partial charge in [-0.1, -0.05) is 64.1 Å². The van der Waals surface area contributed by atoms with Crippen molar-refractivity contribution in [1.82, 2.24) is 0 Å². The van der Waals surface area contributed by atoms with Crippen molar-refractivity contribution < 1.29 is 24.2 Å². The van der Waals surface area contributed by atoms with E-state index in [4.69, 9.17) is 4.74 Å². The largest absolute Gasteiger partial charge is 0.461 e. The highest BCUT2D eigenvalue weighted by Crippen LogP contribution is 2.68. The van der Waals surface area contributed by atoms with Gasteiger partial charge in [-0.3, -0.25) is 14.4 Å². The predicted octanol–water partition coefficient (Wildman–Crippen LogP) is 5.17. The Morgan fingerprint density at radius 3 is 2.50 bits per heavy atom. The molecule has 0 radical (unpaired) electrons. The fourth-order valence-electron chi connectivity index (χ4n) is 7.56. The van der Waals surface area contributed by atoms with Crippen LogP contribution in [0.2, 0.25) is 0 Å². The van der Waals surface area contributed by atoms with Gasteiger partial charge in [-0.2, -0.15) is 0 Å². The molecule has 5 nitrogen and oxygen atoms in total. The van der Waals surface area contributed by atoms with Crippen LogP contribution in [0.25, 0.3) is 0 Å². The minimum atomic E-state index is -0.705. The fraction of sp³-hybridized carbons (Fsp3) is 0.621. The third kappa shape index (κ3) is 3.67. The number of aliphatic hydroxyl groups is 1. The summed E-state index contributed by atoms with van der Waals surface area (Å²) < 4.78 is 6.14. The van der Waals surface area contributed by atoms with Crippen LogP contribution in [0, 0.1) is 34.0 Å². The van der Waals surface area contributed by atoms with Crippen molar-refractivity contribution in [2.24, 2.45) is 34.0 Å². The van der Waals surface area contributed by atoms with Crippen LogP contribution in [-0.2, 0) is 14.3 Å². The molecule has 0 saturated heterocycles. The maximum atomic E-state index is 13.4. The van der Waals surface area contributed by atoms with Crippen LogP contribution in [0.3, 0.4) is 0 Å². The van der Waals surface area contributed by atoms with E-state index < -0.39 is 29.0 Å². The second kappa shape index (κ2) is 8.75. The lowest BCUT2D eigenvalue weighted by Crippen LogP contribution is -2.63. The number of ketones is 2. The molecule has 0 spiro atoms. The molecule has 3 saturated carbocycles. The van der Waals surface area contributed by atoms with Crippen molar-refractivity contribution in [1.29, 1.82) is 0 Å². The first-order chi connectivity index (χ1) is 16.0. The Labute approximate surface area is 203 Å². The first kappa shape index (κ1) is 24.8. The van der Waals surface area contributed by atoms with Crippen molar-refractivity contribution >= 4 is 17.5 Å². The van der Waals surface area contributed by atoms with Gasteiger partial charge in [-0.25, -0.2) is 0 Å². The number of esters is 1. The van der Waals surface area contributed by atoms with Crippen LogP contribution < -0.4 is 0 Å². The lowest BCUT2D eigenvalue weighted by Gasteiger charge is -2.61. The molecule has 5 heteroatoms. The van der Waals surface area contributed by atoms with E-state index in [2.05, 4.69) is 27.4 Å². The van der Waals surface area contributed by atoms with Gasteiger partial charge in [-0.05, 0) is 42.9 Å². The summed E-state index contributed by atoms with van der Waals surface area (Å²) in [6.45, 7) is 12.3. The molecular formula is C29H38O5. The fourth-order valence-corrected chi connectivity index (χ4v) is 7.56. The van der Waals surface area contributed by atoms with Gasteiger partial charge < -0.3 is 9.84 Å². The molecule has 3 aliphatic rings. The molecule has 3 aliphatic carbocycles. The Morgan fingerprint density at radius 1 is 1.18 bits per heavy atom. The van der Waals surface area contributed by atoms with E-state index in [1.807, 2.05) is 13.0 Å². The molecule has 1 aromatic rings. The van der Waals surface area contributed by atoms with E-state index >= 15 is 0 Å². The Morgan fingerprint density at radius 2 is 1.85 bits per heavy atom. The minimum Gasteiger partial charge on any atom is -0.461 e. The van der Waals surface area contributed by atoms with Gasteiger partial charge in [0.15, 0.2) is 5.78 Å². The third-order valence-electron chi connectivity index (χ3n) is 9.98. The average Bonchev–Trinajstić information content (AvgIpc) is 3.18. The molecule has 1 N–H and O–H groups in total. The molecule has 0 amide bonds. The van der Waals surface area contributed by atoms with E-state index in [0.29, 0.717) is 18.4 Å². The smallest absolute Gasteiger partial charge is 0.313 e. The van der Waals surface area contributed by atoms with E-state index in [0.717, 1.165) is 19.3 Å². The highest BCUT2D eigenvalue weighted by atomic mass is 16.5. The highest BCUT2D eigenvalue weighted by Gasteiger charge is 2.68. The molecule has 3 fully saturated rings. The second-order valence-corrected chi connectivity index (χ2v) is 11.5. The van der Waals surface area contributed by atoms with Gasteiger partial charge in [0.1, 0.15) is 18.3 Å². The maximum absolute atomic E-state index is 13.4. The first-order valence-electron chi connectivity index (χ1n) is 12.6. The summed E-state index contributed by atoms with van der Waals surface area (Å²) in [5.74, 6) is -0.836. The number of hydrogen-bond donors (Lipinski definition) is 1. The lowest BCUT2D eigenvalue weighted by molar-refractivity contribution is -0.206. The van der Waals surface area contributed by atoms with Crippen molar-refractivity contribution in [3.05, 3.63) is 48.6 Å². The van der Waals surface area contributed by atoms with Gasteiger partial charge >= 0.3 is 5.97 Å². The van der Waals surface area contributed by atoms with Crippen LogP contribution in [0.4, 0.5) is 0 Å². The molecule has 2 bridgehead atoms. The summed E-state index contributed by atoms with van der Waals surface area (Å²) in [4.78, 5) is 39.2. The monoisotopic (exact) mass is 466 g/mol. The SMILES string of the molecule is C=C[C@]1(C)C[C@@H](OC(=O)CC(=O)c2ccccc2)[C@@]2(C)[C@@H]3C(=O)CC[C@@]3(CC[C@@H]2C)[C@@H](C)[C@@H]1O. The van der Waals surface area contributed by atoms with Crippen LogP contribution in [0.5, 0.6) is 0 Å². The number of carbonyl (C=O) groups excluding carboxylic acids is 3. The van der Waals surface area contributed by atoms with Crippen molar-refractivity contribution in [3.8, 4) is 0 Å². The summed E-state index contributed by atoms with van der Waals surface area (Å²) in [7, 11) is 0. The number of rotatable bonds is 5. The number of Topliss-reactive ketones (excluding diaryl/α,β-unsaturated/α-hetero) is 2. The highest BCUT2D eigenvalue weighted by molar-refractivity contribution is 6.05. The number of aliphatic hydroxyl groups excluding tert-OH is 1. The number of carbonyl (C=O) groups is 3. The summed E-state index contributed by atoms with van der Waals surface area (Å²) in [6, 6.07) is 8.73. The van der Waals surface area contributed by atoms with Crippen molar-refractivity contribution in [2.75, 3.05) is 0 Å². The zero-order valence-corrected chi connectivity index (χ0v) is 20.9. The molecule has 34 heavy (non-hydrogen) atoms. The topological polar surface area (TPSA) is 80.7 Å². The van der Waals surface area contributed by atoms with E-state index in [-0.39, 0.29) is 41.2 Å². The number of hydrogen-bond acceptors (Lipinski definition) is 5. The summed E-state index contributed by atoms with van der Waals surface area (Å²) in [5.41, 5.74) is -1.10. The average molecular weight is 467 g/mol. The quantitative estimate of drug-likeness (QED) is 0.280. The van der Waals surface area contributed by atoms with Crippen LogP contribution in [-0.4, -0.2) is 34.9 Å². The second-order valence-electron chi connectivity index (χ2n) is 11.5. The summed E-state index contributed by atoms with van der Waals surface area (Å²) >= 11 is 0. The normalized spacial score (nSPS) is 41.7. The zero-order chi connectivity index (χ0) is 24.9. The Bertz CT molecular complexity index is 985. The lowest BCUT2D eigenvalue weighted by atomic mass is 9.44. The molecule has 4 rings (SSSR count). The molecule has 8 atom stereocenters. The zero-order valence-electron chi connectivity index (χ0n) is 20.9. The first-order valence-corrected chi connectivity index (χ1v) is 12.6. The van der Waals surface area contributed by atoms with Gasteiger partial charge in [0.25, 0.3) is 0 Å². The van der Waals surface area contributed by atoms with Crippen molar-refractivity contribution in [2.45, 2.75) is 78.4 Å². The summed E-state index contributed by atoms with van der Waals surface area (Å²) in [5, 5.41) is 11.6. The van der Waals surface area contributed by atoms with E-state index in [1.165, 1.54) is 0 Å². The van der Waals surface area contributed by atoms with Gasteiger partial charge in [-0.15, -0.1) is 6.58 Å². The molecule has 0 heterocycles. The van der Waals surface area contributed by atoms with Crippen LogP contribution >= 0.6 is 0 Å². The maximum Gasteiger partial charge on any atom is 0.313 e. The Balaban J connectivity index is 1.72. The number of ether oxygens (including phenoxy) is 1. The third-order valence-corrected chi connectivity index (χ3v) is 9.98. The predicted molar refractivity (Wildman–Crippen MR) is 130 cm³/mol. The molecule has 0 aromatic heterocycles. The van der Waals surface area contributed by atoms with Gasteiger partial charge in [0.2, 0.25) is 0 Å². The number of benzene rings is 1. The Kier molecular flexibility index (Phi) is 6.39. The molecule has 0 unspecified atom stereocenters. The van der Waals surface area contributed by atoms with Crippen molar-refractivity contribution in [3.63, 3.8) is 0 Å². The standard InChI is InChI=1S/C29H38O5/c1-6-27(4)17-23(34-24(32)16-22(31)20-10-8-7-9-11-20)28(5)18(2)12-14-29(19(3)26(27)33)15-13-21(30)25(28)29/h6-11,18-19,23,25-26,33H,1,12-17H2,2-5H3/t18-,19-,23+,25-,26-,27+,28-,29-/m0/s1. The minimum absolute atomic E-state index is 0.0740. The molecular weight excluding hydrogens is 428 g/mol. The van der Waals surface area contributed by atoms with Gasteiger partial charge in [0.05, 0.1) is 6.10 Å². The molecule has 0 aliphatic heterocycles. The Hall–Kier alpha value is -2.27. The van der Waals surface area contributed by atoms with E-state index in [9.17, 15) is 19.5 Å². The molecule has 1 aromatic carbocycles. The van der Waals surface area contributed by atoms with Crippen LogP contribution in [0.15, 0.2) is 43.0 Å². The van der Waals surface area contributed by atoms with Gasteiger partial charge in [0, 0.05) is 28.7 Å².